The van der Waals surface area contributed by atoms with E-state index in [1.165, 1.54) is 11.8 Å². The van der Waals surface area contributed by atoms with Gasteiger partial charge in [-0.15, -0.1) is 0 Å². The number of thioether (sulfide) groups is 1. The highest BCUT2D eigenvalue weighted by Gasteiger charge is 2.31. The Kier molecular flexibility index (Phi) is 13.5. The smallest absolute Gasteiger partial charge is 0.326 e. The maximum absolute atomic E-state index is 12.7. The number of aliphatic carboxylic acids is 1. The maximum Gasteiger partial charge on any atom is 0.326 e. The Balaban J connectivity index is 5.43. The van der Waals surface area contributed by atoms with Crippen LogP contribution in [0, 0.1) is 5.92 Å². The first-order chi connectivity index (χ1) is 14.1. The molecule has 11 nitrogen and oxygen atoms in total. The summed E-state index contributed by atoms with van der Waals surface area (Å²) in [6.07, 6.45) is 2.35. The highest BCUT2D eigenvalue weighted by atomic mass is 32.2. The van der Waals surface area contributed by atoms with Gasteiger partial charge >= 0.3 is 5.97 Å². The first-order valence-electron chi connectivity index (χ1n) is 9.67. The lowest BCUT2D eigenvalue weighted by atomic mass is 9.98. The fraction of sp³-hybridized carbons (Fsp3) is 0.722. The van der Waals surface area contributed by atoms with Crippen LogP contribution in [0.4, 0.5) is 0 Å². The summed E-state index contributed by atoms with van der Waals surface area (Å²) in [7, 11) is 0. The van der Waals surface area contributed by atoms with Crippen LogP contribution in [0.1, 0.15) is 39.5 Å². The van der Waals surface area contributed by atoms with E-state index in [9.17, 15) is 29.1 Å². The van der Waals surface area contributed by atoms with Gasteiger partial charge in [-0.3, -0.25) is 19.2 Å². The van der Waals surface area contributed by atoms with Crippen LogP contribution in [0.25, 0.3) is 0 Å². The highest BCUT2D eigenvalue weighted by Crippen LogP contribution is 2.10. The summed E-state index contributed by atoms with van der Waals surface area (Å²) in [6.45, 7) is 3.16. The molecule has 0 aromatic heterocycles. The summed E-state index contributed by atoms with van der Waals surface area (Å²) in [5, 5.41) is 16.8. The summed E-state index contributed by atoms with van der Waals surface area (Å²) >= 11 is 1.47. The monoisotopic (exact) mass is 447 g/mol. The summed E-state index contributed by atoms with van der Waals surface area (Å²) in [5.74, 6) is -3.57. The van der Waals surface area contributed by atoms with E-state index in [1.807, 2.05) is 6.26 Å². The van der Waals surface area contributed by atoms with E-state index in [0.717, 1.165) is 0 Å². The molecule has 0 heterocycles. The van der Waals surface area contributed by atoms with Gasteiger partial charge < -0.3 is 32.5 Å². The molecule has 4 atom stereocenters. The van der Waals surface area contributed by atoms with Gasteiger partial charge in [-0.2, -0.15) is 11.8 Å². The number of carboxylic acid groups (broad SMARTS) is 1. The predicted octanol–water partition coefficient (Wildman–Crippen LogP) is -1.45. The third-order valence-electron chi connectivity index (χ3n) is 4.54. The molecule has 0 aliphatic rings. The second-order valence-corrected chi connectivity index (χ2v) is 7.87. The standard InChI is InChI=1S/C18H33N5O6S/c1-4-10(2)15(18(28)29)23-17(27)11(5-6-13(20)24)22-16(26)12(7-8-30-3)21-14(25)9-19/h10-12,15H,4-9,19H2,1-3H3,(H2,20,24)(H,21,25)(H,22,26)(H,23,27)(H,28,29). The number of hydrogen-bond acceptors (Lipinski definition) is 7. The van der Waals surface area contributed by atoms with E-state index in [4.69, 9.17) is 11.5 Å². The number of nitrogens with two attached hydrogens (primary N) is 2. The number of carboxylic acids is 1. The summed E-state index contributed by atoms with van der Waals surface area (Å²) in [5.41, 5.74) is 10.4. The van der Waals surface area contributed by atoms with E-state index in [1.54, 1.807) is 13.8 Å². The Morgan fingerprint density at radius 2 is 1.57 bits per heavy atom. The average molecular weight is 448 g/mol. The van der Waals surface area contributed by atoms with Crippen molar-refractivity contribution < 1.29 is 29.1 Å². The third kappa shape index (κ3) is 10.4. The number of primary amides is 1. The average Bonchev–Trinajstić information content (AvgIpc) is 2.70. The molecule has 0 fully saturated rings. The van der Waals surface area contributed by atoms with Crippen molar-refractivity contribution in [2.45, 2.75) is 57.7 Å². The molecule has 0 bridgehead atoms. The van der Waals surface area contributed by atoms with Crippen LogP contribution in [-0.4, -0.2) is 71.4 Å². The molecule has 0 aliphatic heterocycles. The minimum Gasteiger partial charge on any atom is -0.480 e. The van der Waals surface area contributed by atoms with E-state index in [2.05, 4.69) is 16.0 Å². The lowest BCUT2D eigenvalue weighted by molar-refractivity contribution is -0.144. The Bertz CT molecular complexity index is 618. The number of carbonyl (C=O) groups is 5. The van der Waals surface area contributed by atoms with Gasteiger partial charge in [0.15, 0.2) is 0 Å². The number of amides is 4. The summed E-state index contributed by atoms with van der Waals surface area (Å²) in [4.78, 5) is 59.7. The maximum atomic E-state index is 12.7. The second-order valence-electron chi connectivity index (χ2n) is 6.88. The Morgan fingerprint density at radius 3 is 2.03 bits per heavy atom. The van der Waals surface area contributed by atoms with E-state index in [0.29, 0.717) is 18.6 Å². The van der Waals surface area contributed by atoms with Crippen LogP contribution in [0.2, 0.25) is 0 Å². The molecular formula is C18H33N5O6S. The molecule has 0 aromatic carbocycles. The SMILES string of the molecule is CCC(C)C(NC(=O)C(CCC(N)=O)NC(=O)C(CCSC)NC(=O)CN)C(=O)O. The molecule has 30 heavy (non-hydrogen) atoms. The Hall–Kier alpha value is -2.34. The molecule has 0 radical (unpaired) electrons. The lowest BCUT2D eigenvalue weighted by Gasteiger charge is -2.26. The zero-order valence-corrected chi connectivity index (χ0v) is 18.4. The number of nitrogens with one attached hydrogen (secondary N) is 3. The molecule has 0 aliphatic carbocycles. The normalized spacial score (nSPS) is 14.7. The first kappa shape index (κ1) is 27.7. The Labute approximate surface area is 180 Å². The fourth-order valence-corrected chi connectivity index (χ4v) is 2.99. The van der Waals surface area contributed by atoms with Crippen molar-refractivity contribution in [1.29, 1.82) is 0 Å². The molecule has 4 unspecified atom stereocenters. The van der Waals surface area contributed by atoms with Crippen molar-refractivity contribution in [3.63, 3.8) is 0 Å². The molecule has 0 saturated heterocycles. The van der Waals surface area contributed by atoms with Crippen LogP contribution < -0.4 is 27.4 Å². The molecule has 0 spiro atoms. The van der Waals surface area contributed by atoms with Crippen molar-refractivity contribution in [2.24, 2.45) is 17.4 Å². The molecule has 0 aromatic rings. The van der Waals surface area contributed by atoms with Crippen LogP contribution in [0.5, 0.6) is 0 Å². The van der Waals surface area contributed by atoms with Gasteiger partial charge in [0.25, 0.3) is 0 Å². The molecule has 0 rings (SSSR count). The number of carbonyl (C=O) groups excluding carboxylic acids is 4. The summed E-state index contributed by atoms with van der Waals surface area (Å²) in [6, 6.07) is -3.27. The van der Waals surface area contributed by atoms with Crippen molar-refractivity contribution in [3.8, 4) is 0 Å². The Morgan fingerprint density at radius 1 is 1.00 bits per heavy atom. The van der Waals surface area contributed by atoms with Crippen LogP contribution >= 0.6 is 11.8 Å². The van der Waals surface area contributed by atoms with Gasteiger partial charge in [0, 0.05) is 6.42 Å². The van der Waals surface area contributed by atoms with Gasteiger partial charge in [0.2, 0.25) is 23.6 Å². The number of rotatable bonds is 15. The van der Waals surface area contributed by atoms with Gasteiger partial charge in [-0.05, 0) is 30.8 Å². The van der Waals surface area contributed by atoms with Crippen molar-refractivity contribution in [2.75, 3.05) is 18.6 Å². The third-order valence-corrected chi connectivity index (χ3v) is 5.18. The van der Waals surface area contributed by atoms with E-state index in [-0.39, 0.29) is 25.3 Å². The minimum atomic E-state index is -1.20. The van der Waals surface area contributed by atoms with Crippen LogP contribution in [-0.2, 0) is 24.0 Å². The molecule has 12 heteroatoms. The zero-order valence-electron chi connectivity index (χ0n) is 17.6. The largest absolute Gasteiger partial charge is 0.480 e. The van der Waals surface area contributed by atoms with E-state index >= 15 is 0 Å². The number of hydrogen-bond donors (Lipinski definition) is 6. The molecule has 172 valence electrons. The van der Waals surface area contributed by atoms with Gasteiger partial charge in [0.1, 0.15) is 18.1 Å². The second kappa shape index (κ2) is 14.6. The van der Waals surface area contributed by atoms with Gasteiger partial charge in [0.05, 0.1) is 6.54 Å². The zero-order chi connectivity index (χ0) is 23.3. The van der Waals surface area contributed by atoms with Gasteiger partial charge in [-0.25, -0.2) is 4.79 Å². The van der Waals surface area contributed by atoms with Crippen molar-refractivity contribution in [3.05, 3.63) is 0 Å². The van der Waals surface area contributed by atoms with Crippen LogP contribution in [0.15, 0.2) is 0 Å². The lowest BCUT2D eigenvalue weighted by Crippen LogP contribution is -2.57. The molecular weight excluding hydrogens is 414 g/mol. The molecule has 4 amide bonds. The van der Waals surface area contributed by atoms with Crippen molar-refractivity contribution >= 4 is 41.4 Å². The fourth-order valence-electron chi connectivity index (χ4n) is 2.52. The quantitative estimate of drug-likeness (QED) is 0.175. The first-order valence-corrected chi connectivity index (χ1v) is 11.1. The van der Waals surface area contributed by atoms with Gasteiger partial charge in [-0.1, -0.05) is 20.3 Å². The highest BCUT2D eigenvalue weighted by molar-refractivity contribution is 7.98. The van der Waals surface area contributed by atoms with Crippen molar-refractivity contribution in [1.82, 2.24) is 16.0 Å². The summed E-state index contributed by atoms with van der Waals surface area (Å²) < 4.78 is 0. The van der Waals surface area contributed by atoms with E-state index < -0.39 is 47.7 Å². The predicted molar refractivity (Wildman–Crippen MR) is 113 cm³/mol. The topological polar surface area (TPSA) is 194 Å². The molecule has 8 N–H and O–H groups in total. The molecule has 0 saturated carbocycles. The minimum absolute atomic E-state index is 0.111. The van der Waals surface area contributed by atoms with Crippen LogP contribution in [0.3, 0.4) is 0 Å².